The number of halogens is 1. The molecule has 1 rings (SSSR count). The van der Waals surface area contributed by atoms with Crippen LogP contribution in [0.4, 0.5) is 0 Å². The Morgan fingerprint density at radius 1 is 1.25 bits per heavy atom. The molecule has 0 heterocycles. The Morgan fingerprint density at radius 3 is 2.29 bits per heavy atom. The zero-order chi connectivity index (χ0) is 18.3. The molecule has 0 saturated carbocycles. The fourth-order valence-corrected chi connectivity index (χ4v) is 3.12. The zero-order valence-electron chi connectivity index (χ0n) is 14.9. The van der Waals surface area contributed by atoms with Gasteiger partial charge in [-0.2, -0.15) is 0 Å². The lowest BCUT2D eigenvalue weighted by molar-refractivity contribution is -0.124. The molecule has 0 spiro atoms. The van der Waals surface area contributed by atoms with Crippen molar-refractivity contribution >= 4 is 27.7 Å². The largest absolute Gasteiger partial charge is 0.350 e. The summed E-state index contributed by atoms with van der Waals surface area (Å²) in [6.07, 6.45) is 0.979. The van der Waals surface area contributed by atoms with Crippen molar-refractivity contribution in [1.82, 2.24) is 10.6 Å². The third-order valence-corrected chi connectivity index (χ3v) is 4.32. The van der Waals surface area contributed by atoms with Gasteiger partial charge >= 0.3 is 0 Å². The lowest BCUT2D eigenvalue weighted by Crippen LogP contribution is -2.52. The SMILES string of the molecule is CC(=O)NC(CC(=O)NC(C)(CN)CC(C)C)c1ccc(Br)cc1. The fourth-order valence-electron chi connectivity index (χ4n) is 2.85. The van der Waals surface area contributed by atoms with E-state index in [0.717, 1.165) is 16.5 Å². The van der Waals surface area contributed by atoms with Crippen LogP contribution in [0.1, 0.15) is 52.1 Å². The molecule has 5 nitrogen and oxygen atoms in total. The van der Waals surface area contributed by atoms with Crippen LogP contribution in [0.25, 0.3) is 0 Å². The molecule has 2 amide bonds. The van der Waals surface area contributed by atoms with Gasteiger partial charge in [0.15, 0.2) is 0 Å². The maximum absolute atomic E-state index is 12.5. The van der Waals surface area contributed by atoms with Gasteiger partial charge in [-0.1, -0.05) is 41.9 Å². The Hall–Kier alpha value is -1.40. The van der Waals surface area contributed by atoms with Gasteiger partial charge < -0.3 is 16.4 Å². The topological polar surface area (TPSA) is 84.2 Å². The summed E-state index contributed by atoms with van der Waals surface area (Å²) < 4.78 is 0.949. The second kappa shape index (κ2) is 9.18. The number of carbonyl (C=O) groups excluding carboxylic acids is 2. The Labute approximate surface area is 152 Å². The van der Waals surface area contributed by atoms with E-state index in [9.17, 15) is 9.59 Å². The summed E-state index contributed by atoms with van der Waals surface area (Å²) in [7, 11) is 0. The van der Waals surface area contributed by atoms with Crippen molar-refractivity contribution in [3.8, 4) is 0 Å². The first-order valence-electron chi connectivity index (χ1n) is 8.19. The second-order valence-electron chi connectivity index (χ2n) is 6.92. The summed E-state index contributed by atoms with van der Waals surface area (Å²) in [5, 5.41) is 5.88. The minimum Gasteiger partial charge on any atom is -0.350 e. The lowest BCUT2D eigenvalue weighted by atomic mass is 9.90. The Kier molecular flexibility index (Phi) is 7.90. The molecule has 0 aromatic heterocycles. The van der Waals surface area contributed by atoms with Gasteiger partial charge in [-0.25, -0.2) is 0 Å². The van der Waals surface area contributed by atoms with Gasteiger partial charge in [0.25, 0.3) is 0 Å². The number of nitrogens with two attached hydrogens (primary N) is 1. The smallest absolute Gasteiger partial charge is 0.222 e. The average molecular weight is 398 g/mol. The third-order valence-electron chi connectivity index (χ3n) is 3.79. The van der Waals surface area contributed by atoms with E-state index in [2.05, 4.69) is 40.4 Å². The highest BCUT2D eigenvalue weighted by Crippen LogP contribution is 2.21. The Bertz CT molecular complexity index is 560. The Balaban J connectivity index is 2.84. The summed E-state index contributed by atoms with van der Waals surface area (Å²) in [6.45, 7) is 7.98. The van der Waals surface area contributed by atoms with Crippen molar-refractivity contribution in [1.29, 1.82) is 0 Å². The Morgan fingerprint density at radius 2 is 1.83 bits per heavy atom. The number of amides is 2. The van der Waals surface area contributed by atoms with Crippen molar-refractivity contribution in [3.63, 3.8) is 0 Å². The van der Waals surface area contributed by atoms with Crippen LogP contribution < -0.4 is 16.4 Å². The van der Waals surface area contributed by atoms with Crippen LogP contribution in [0.15, 0.2) is 28.7 Å². The minimum absolute atomic E-state index is 0.120. The number of rotatable bonds is 8. The quantitative estimate of drug-likeness (QED) is 0.630. The predicted octanol–water partition coefficient (Wildman–Crippen LogP) is 2.90. The lowest BCUT2D eigenvalue weighted by Gasteiger charge is -2.32. The van der Waals surface area contributed by atoms with E-state index in [0.29, 0.717) is 12.5 Å². The summed E-state index contributed by atoms with van der Waals surface area (Å²) >= 11 is 3.39. The molecule has 0 aliphatic rings. The van der Waals surface area contributed by atoms with Gasteiger partial charge in [-0.3, -0.25) is 9.59 Å². The van der Waals surface area contributed by atoms with Gasteiger partial charge in [-0.15, -0.1) is 0 Å². The molecule has 0 radical (unpaired) electrons. The molecule has 0 saturated heterocycles. The first kappa shape index (κ1) is 20.6. The van der Waals surface area contributed by atoms with Gasteiger partial charge in [0.05, 0.1) is 12.5 Å². The van der Waals surface area contributed by atoms with E-state index in [1.165, 1.54) is 6.92 Å². The molecule has 24 heavy (non-hydrogen) atoms. The van der Waals surface area contributed by atoms with E-state index in [4.69, 9.17) is 5.73 Å². The maximum Gasteiger partial charge on any atom is 0.222 e. The molecule has 0 aliphatic heterocycles. The molecule has 0 fully saturated rings. The predicted molar refractivity (Wildman–Crippen MR) is 100 cm³/mol. The highest BCUT2D eigenvalue weighted by Gasteiger charge is 2.27. The van der Waals surface area contributed by atoms with E-state index in [1.54, 1.807) is 0 Å². The van der Waals surface area contributed by atoms with Crippen LogP contribution in [-0.4, -0.2) is 23.9 Å². The van der Waals surface area contributed by atoms with Crippen LogP contribution in [0.5, 0.6) is 0 Å². The molecule has 6 heteroatoms. The number of hydrogen-bond donors (Lipinski definition) is 3. The highest BCUT2D eigenvalue weighted by molar-refractivity contribution is 9.10. The molecule has 0 bridgehead atoms. The van der Waals surface area contributed by atoms with Gasteiger partial charge in [0, 0.05) is 23.5 Å². The van der Waals surface area contributed by atoms with Crippen LogP contribution in [0, 0.1) is 5.92 Å². The number of carbonyl (C=O) groups is 2. The van der Waals surface area contributed by atoms with E-state index in [-0.39, 0.29) is 24.3 Å². The van der Waals surface area contributed by atoms with Crippen LogP contribution >= 0.6 is 15.9 Å². The molecule has 2 atom stereocenters. The maximum atomic E-state index is 12.5. The van der Waals surface area contributed by atoms with Crippen LogP contribution in [-0.2, 0) is 9.59 Å². The monoisotopic (exact) mass is 397 g/mol. The summed E-state index contributed by atoms with van der Waals surface area (Å²) in [6, 6.07) is 7.22. The van der Waals surface area contributed by atoms with Crippen molar-refractivity contribution < 1.29 is 9.59 Å². The third kappa shape index (κ3) is 7.01. The normalized spacial score (nSPS) is 14.8. The van der Waals surface area contributed by atoms with Crippen molar-refractivity contribution in [2.75, 3.05) is 6.54 Å². The van der Waals surface area contributed by atoms with Crippen LogP contribution in [0.3, 0.4) is 0 Å². The highest BCUT2D eigenvalue weighted by atomic mass is 79.9. The van der Waals surface area contributed by atoms with Gasteiger partial charge in [0.2, 0.25) is 11.8 Å². The molecule has 1 aromatic carbocycles. The standard InChI is InChI=1S/C18H28BrN3O2/c1-12(2)10-18(4,11-20)22-17(24)9-16(21-13(3)23)14-5-7-15(19)8-6-14/h5-8,12,16H,9-11,20H2,1-4H3,(H,21,23)(H,22,24). The molecule has 4 N–H and O–H groups in total. The number of benzene rings is 1. The molecule has 1 aromatic rings. The molecular formula is C18H28BrN3O2. The number of nitrogens with one attached hydrogen (secondary N) is 2. The minimum atomic E-state index is -0.439. The molecule has 0 aliphatic carbocycles. The first-order valence-corrected chi connectivity index (χ1v) is 8.98. The van der Waals surface area contributed by atoms with E-state index < -0.39 is 5.54 Å². The van der Waals surface area contributed by atoms with Crippen molar-refractivity contribution in [2.45, 2.75) is 52.1 Å². The summed E-state index contributed by atoms with van der Waals surface area (Å²) in [4.78, 5) is 24.0. The van der Waals surface area contributed by atoms with Gasteiger partial charge in [0.1, 0.15) is 0 Å². The van der Waals surface area contributed by atoms with E-state index in [1.807, 2.05) is 31.2 Å². The second-order valence-corrected chi connectivity index (χ2v) is 7.84. The first-order chi connectivity index (χ1) is 11.1. The molecular weight excluding hydrogens is 370 g/mol. The molecule has 134 valence electrons. The molecule has 2 unspecified atom stereocenters. The zero-order valence-corrected chi connectivity index (χ0v) is 16.4. The fraction of sp³-hybridized carbons (Fsp3) is 0.556. The summed E-state index contributed by atoms with van der Waals surface area (Å²) in [5.41, 5.74) is 6.31. The van der Waals surface area contributed by atoms with E-state index >= 15 is 0 Å². The van der Waals surface area contributed by atoms with Crippen molar-refractivity contribution in [2.24, 2.45) is 11.7 Å². The average Bonchev–Trinajstić information content (AvgIpc) is 2.45. The summed E-state index contributed by atoms with van der Waals surface area (Å²) in [5.74, 6) is 0.140. The van der Waals surface area contributed by atoms with Crippen LogP contribution in [0.2, 0.25) is 0 Å². The van der Waals surface area contributed by atoms with Crippen molar-refractivity contribution in [3.05, 3.63) is 34.3 Å². The number of hydrogen-bond acceptors (Lipinski definition) is 3. The van der Waals surface area contributed by atoms with Gasteiger partial charge in [-0.05, 0) is 37.0 Å².